The Morgan fingerprint density at radius 1 is 0.386 bits per heavy atom. The number of carbonyl (C=O) groups is 14. The summed E-state index contributed by atoms with van der Waals surface area (Å²) in [7, 11) is 0. The number of aromatic amines is 2. The molecule has 114 heavy (non-hydrogen) atoms. The van der Waals surface area contributed by atoms with Gasteiger partial charge in [-0.05, 0) is 76.5 Å². The maximum absolute atomic E-state index is 14.6. The number of H-pyrrole nitrogens is 2. The van der Waals surface area contributed by atoms with E-state index in [0.29, 0.717) is 0 Å². The van der Waals surface area contributed by atoms with Gasteiger partial charge in [0.1, 0.15) is 60.4 Å². The number of guanidine groups is 5. The van der Waals surface area contributed by atoms with Crippen molar-refractivity contribution in [2.45, 2.75) is 164 Å². The molecule has 0 aliphatic heterocycles. The Bertz CT molecular complexity index is 3540. The van der Waals surface area contributed by atoms with Gasteiger partial charge in [0.2, 0.25) is 76.8 Å². The van der Waals surface area contributed by atoms with E-state index < -0.39 is 212 Å². The van der Waals surface area contributed by atoms with Crippen molar-refractivity contribution >= 4 is 125 Å². The number of hydrogen-bond donors (Lipinski definition) is 35. The molecule has 0 saturated carbocycles. The molecule has 51 heteroatoms. The molecule has 0 aromatic carbocycles. The molecule has 0 unspecified atom stereocenters. The van der Waals surface area contributed by atoms with Crippen LogP contribution in [0.15, 0.2) is 25.0 Å². The highest BCUT2D eigenvalue weighted by molar-refractivity contribution is 7.80. The van der Waals surface area contributed by atoms with Gasteiger partial charge in [-0.1, -0.05) is 13.8 Å². The highest BCUT2D eigenvalue weighted by Gasteiger charge is 2.37. The summed E-state index contributed by atoms with van der Waals surface area (Å²) in [5, 5.41) is 113. The predicted molar refractivity (Wildman–Crippen MR) is 412 cm³/mol. The second-order valence-electron chi connectivity index (χ2n) is 26.0. The average Bonchev–Trinajstić information content (AvgIpc) is 1.15. The Balaban J connectivity index is 2.51. The van der Waals surface area contributed by atoms with E-state index in [2.05, 4.69) is 128 Å². The number of carbonyl (C=O) groups excluding carboxylic acids is 13. The zero-order chi connectivity index (χ0) is 85.4. The van der Waals surface area contributed by atoms with Gasteiger partial charge in [-0.15, -0.1) is 0 Å². The van der Waals surface area contributed by atoms with Crippen LogP contribution in [0.2, 0.25) is 0 Å². The maximum atomic E-state index is 14.6. The van der Waals surface area contributed by atoms with Crippen LogP contribution in [0.25, 0.3) is 0 Å². The van der Waals surface area contributed by atoms with E-state index in [-0.39, 0.29) is 139 Å². The summed E-state index contributed by atoms with van der Waals surface area (Å²) >= 11 is 3.91. The number of nitrogens with one attached hydrogen (secondary N) is 25. The van der Waals surface area contributed by atoms with Gasteiger partial charge >= 0.3 is 5.97 Å². The molecule has 0 bridgehead atoms. The molecular weight excluding hydrogens is 1520 g/mol. The Hall–Kier alpha value is -12.4. The standard InChI is InChI=1S/C63H111N33O17S/c1-31(2)18-42(58(112)113)94-53(107)38(11-6-16-80-62(71)72)91-55(109)40(19-32-21-75-29-85-32)92-56(110)41(20-33-22-76-30-86-33)93-57(111)44(27-98)96-54(108)39(12-7-17-81-63(73)74)90-52(106)37(10-5-15-79-61(69)70)89-50(104)35(8-3-13-77-59(65)66)88-47(101)25-84-49(103)43(26-97)95-51(105)36(9-4-14-78-60(67)68)87-46(100)24-82-45(99)23-83-48(102)34(64)28-114/h21-22,29-31,34-44,97-98,114H,3-20,23-28,64H2,1-2H3,(H,75,85)(H,76,86)(H,82,99)(H,83,102)(H,84,103)(H,87,100)(H,88,101)(H,89,104)(H,90,106)(H,91,109)(H,92,110)(H,93,111)(H,94,107)(H,95,105)(H,96,108)(H,112,113)(H4,65,66,77)(H4,67,68,78)(H4,69,70,79)(H4,71,72,80)(H4,73,74,81)/t34-,35-,36-,37-,38-,39-,40-,41-,42-,43-,44-/m0/s1. The summed E-state index contributed by atoms with van der Waals surface area (Å²) < 4.78 is 0. The van der Waals surface area contributed by atoms with Gasteiger partial charge in [-0.2, -0.15) is 12.6 Å². The van der Waals surface area contributed by atoms with Crippen molar-refractivity contribution in [2.24, 2.45) is 40.3 Å². The molecule has 0 radical (unpaired) electrons. The van der Waals surface area contributed by atoms with Gasteiger partial charge < -0.3 is 155 Å². The van der Waals surface area contributed by atoms with Crippen LogP contribution >= 0.6 is 12.6 Å². The minimum Gasteiger partial charge on any atom is -0.480 e. The molecule has 2 rings (SSSR count). The highest BCUT2D eigenvalue weighted by Crippen LogP contribution is 2.12. The topological polar surface area (TPSA) is 849 Å². The van der Waals surface area contributed by atoms with Crippen LogP contribution in [-0.2, 0) is 80.0 Å². The van der Waals surface area contributed by atoms with E-state index >= 15 is 0 Å². The van der Waals surface area contributed by atoms with Crippen LogP contribution < -0.4 is 130 Å². The van der Waals surface area contributed by atoms with Crippen molar-refractivity contribution < 1.29 is 82.4 Å². The van der Waals surface area contributed by atoms with Crippen LogP contribution in [0.5, 0.6) is 0 Å². The molecular formula is C63H111N33O17S. The normalized spacial score (nSPS) is 13.7. The summed E-state index contributed by atoms with van der Waals surface area (Å²) in [5.74, 6) is -16.8. The van der Waals surface area contributed by atoms with Crippen molar-refractivity contribution in [2.75, 3.05) is 71.3 Å². The monoisotopic (exact) mass is 1630 g/mol. The van der Waals surface area contributed by atoms with Gasteiger partial charge in [0.05, 0.1) is 62.9 Å². The van der Waals surface area contributed by atoms with E-state index in [1.54, 1.807) is 13.8 Å². The fourth-order valence-corrected chi connectivity index (χ4v) is 10.5. The lowest BCUT2D eigenvalue weighted by Gasteiger charge is -2.28. The van der Waals surface area contributed by atoms with Gasteiger partial charge in [-0.25, -0.2) is 14.8 Å². The van der Waals surface area contributed by atoms with Gasteiger partial charge in [0.15, 0.2) is 29.8 Å². The van der Waals surface area contributed by atoms with E-state index in [4.69, 9.17) is 61.4 Å². The molecule has 2 aromatic rings. The van der Waals surface area contributed by atoms with Gasteiger partial charge in [0, 0.05) is 63.7 Å². The number of nitrogens with two attached hydrogens (primary N) is 6. The molecule has 0 saturated heterocycles. The number of carboxylic acid groups (broad SMARTS) is 1. The molecule has 13 amide bonds. The second kappa shape index (κ2) is 53.5. The molecule has 636 valence electrons. The third-order valence-corrected chi connectivity index (χ3v) is 16.5. The lowest BCUT2D eigenvalue weighted by atomic mass is 10.0. The summed E-state index contributed by atoms with van der Waals surface area (Å²) in [5.41, 5.74) is 33.2. The number of aliphatic hydroxyl groups excluding tert-OH is 2. The second-order valence-corrected chi connectivity index (χ2v) is 26.4. The third kappa shape index (κ3) is 41.0. The molecule has 0 spiro atoms. The minimum absolute atomic E-state index is 0.00108. The molecule has 11 atom stereocenters. The fraction of sp³-hybridized carbons (Fsp3) is 0.603. The molecule has 0 fully saturated rings. The predicted octanol–water partition coefficient (Wildman–Crippen LogP) is -13.2. The Morgan fingerprint density at radius 2 is 0.658 bits per heavy atom. The highest BCUT2D eigenvalue weighted by atomic mass is 32.1. The van der Waals surface area contributed by atoms with E-state index in [1.165, 1.54) is 25.0 Å². The smallest absolute Gasteiger partial charge is 0.326 e. The third-order valence-electron chi connectivity index (χ3n) is 16.1. The zero-order valence-corrected chi connectivity index (χ0v) is 64.0. The number of hydrogen-bond acceptors (Lipinski definition) is 25. The van der Waals surface area contributed by atoms with Crippen LogP contribution in [0, 0.1) is 33.0 Å². The molecule has 50 nitrogen and oxygen atoms in total. The molecule has 0 aliphatic carbocycles. The molecule has 2 aromatic heterocycles. The van der Waals surface area contributed by atoms with Gasteiger partial charge in [-0.3, -0.25) is 89.4 Å². The Labute approximate surface area is 659 Å². The number of aromatic nitrogens is 4. The quantitative estimate of drug-likeness (QED) is 0.0127. The average molecular weight is 1630 g/mol. The number of amides is 13. The number of imidazole rings is 2. The number of aliphatic carboxylic acids is 1. The van der Waals surface area contributed by atoms with Crippen molar-refractivity contribution in [1.82, 2.24) is 116 Å². The maximum Gasteiger partial charge on any atom is 0.326 e. The van der Waals surface area contributed by atoms with E-state index in [1.807, 2.05) is 0 Å². The van der Waals surface area contributed by atoms with E-state index in [9.17, 15) is 82.4 Å². The van der Waals surface area contributed by atoms with Crippen molar-refractivity contribution in [1.29, 1.82) is 27.0 Å². The Kier molecular flexibility index (Phi) is 45.8. The van der Waals surface area contributed by atoms with Crippen LogP contribution in [0.4, 0.5) is 0 Å². The molecule has 40 N–H and O–H groups in total. The number of nitrogens with zero attached hydrogens (tertiary/aromatic N) is 2. The van der Waals surface area contributed by atoms with Crippen LogP contribution in [0.3, 0.4) is 0 Å². The van der Waals surface area contributed by atoms with E-state index in [0.717, 1.165) is 0 Å². The fourth-order valence-electron chi connectivity index (χ4n) is 10.3. The number of thiol groups is 1. The van der Waals surface area contributed by atoms with Gasteiger partial charge in [0.25, 0.3) is 0 Å². The van der Waals surface area contributed by atoms with Crippen LogP contribution in [0.1, 0.15) is 95.9 Å². The van der Waals surface area contributed by atoms with Crippen molar-refractivity contribution in [3.05, 3.63) is 36.4 Å². The number of carboxylic acids is 1. The number of rotatable bonds is 56. The summed E-state index contributed by atoms with van der Waals surface area (Å²) in [6.07, 6.45) is 3.57. The zero-order valence-electron chi connectivity index (χ0n) is 63.1. The summed E-state index contributed by atoms with van der Waals surface area (Å²) in [6, 6.07) is -17.2. The first-order valence-corrected chi connectivity index (χ1v) is 36.6. The first-order chi connectivity index (χ1) is 54.0. The SMILES string of the molecule is CC(C)C[C@H](NC(=O)[C@H](CCCNC(=N)N)NC(=O)[C@H](Cc1c[nH]cn1)NC(=O)[C@H](Cc1c[nH]cn1)NC(=O)[C@H](CO)NC(=O)[C@H](CCCNC(=N)N)NC(=O)[C@H](CCCNC(=N)N)NC(=O)[C@H](CCCNC(=N)N)NC(=O)CNC(=O)[C@H](CO)NC(=O)[C@H](CCCNC(=N)N)NC(=O)CNC(=O)CNC(=O)[C@@H](N)CS)C(=O)O. The lowest BCUT2D eigenvalue weighted by molar-refractivity contribution is -0.143. The summed E-state index contributed by atoms with van der Waals surface area (Å²) in [6.45, 7) is -1.05. The minimum atomic E-state index is -1.93. The Morgan fingerprint density at radius 3 is 0.956 bits per heavy atom. The number of aliphatic hydroxyl groups is 2. The first kappa shape index (κ1) is 97.7. The lowest BCUT2D eigenvalue weighted by Crippen LogP contribution is -2.61. The van der Waals surface area contributed by atoms with Crippen molar-refractivity contribution in [3.8, 4) is 0 Å². The largest absolute Gasteiger partial charge is 0.480 e. The summed E-state index contributed by atoms with van der Waals surface area (Å²) in [4.78, 5) is 205. The molecule has 2 heterocycles. The van der Waals surface area contributed by atoms with Crippen LogP contribution in [-0.4, -0.2) is 286 Å². The first-order valence-electron chi connectivity index (χ1n) is 36.0. The molecule has 0 aliphatic rings. The van der Waals surface area contributed by atoms with Crippen molar-refractivity contribution in [3.63, 3.8) is 0 Å².